The minimum atomic E-state index is 0.707. The third-order valence-corrected chi connectivity index (χ3v) is 10.7. The van der Waals surface area contributed by atoms with Crippen molar-refractivity contribution in [1.82, 2.24) is 14.5 Å². The van der Waals surface area contributed by atoms with E-state index in [-0.39, 0.29) is 0 Å². The fourth-order valence-electron chi connectivity index (χ4n) is 8.06. The van der Waals surface area contributed by atoms with E-state index in [9.17, 15) is 0 Å². The fraction of sp³-hybridized carbons (Fsp3) is 0. The van der Waals surface area contributed by atoms with Crippen molar-refractivity contribution in [1.29, 1.82) is 0 Å². The van der Waals surface area contributed by atoms with E-state index in [1.54, 1.807) is 0 Å². The molecule has 0 aliphatic rings. The Kier molecular flexibility index (Phi) is 6.55. The number of fused-ring (bicyclic) bond motifs is 7. The average molecular weight is 674 g/mol. The van der Waals surface area contributed by atoms with E-state index in [0.717, 1.165) is 39.0 Å². The van der Waals surface area contributed by atoms with Gasteiger partial charge in [-0.25, -0.2) is 9.97 Å². The van der Waals surface area contributed by atoms with E-state index in [1.807, 2.05) is 0 Å². The van der Waals surface area contributed by atoms with Crippen LogP contribution in [0.1, 0.15) is 0 Å². The van der Waals surface area contributed by atoms with Gasteiger partial charge in [-0.15, -0.1) is 0 Å². The van der Waals surface area contributed by atoms with Crippen molar-refractivity contribution in [2.24, 2.45) is 0 Å². The molecule has 9 aromatic carbocycles. The van der Waals surface area contributed by atoms with E-state index in [4.69, 9.17) is 9.97 Å². The van der Waals surface area contributed by atoms with Crippen LogP contribution in [-0.2, 0) is 0 Å². The second-order valence-corrected chi connectivity index (χ2v) is 13.9. The molecule has 0 saturated heterocycles. The Morgan fingerprint density at radius 3 is 1.60 bits per heavy atom. The molecule has 2 heterocycles. The summed E-state index contributed by atoms with van der Waals surface area (Å²) in [6.07, 6.45) is 0. The van der Waals surface area contributed by atoms with E-state index >= 15 is 0 Å². The topological polar surface area (TPSA) is 30.7 Å². The summed E-state index contributed by atoms with van der Waals surface area (Å²) in [5.41, 5.74) is 9.69. The molecular formula is C50H31N3. The molecule has 0 bridgehead atoms. The SMILES string of the molecule is c1ccc2cc(-c3ccc4nc(-c5ccc(-n6c7ccccc7c7cc8ccccc8cc76)cc5)nc(-c5ccc6ccccc6c5)c4c3)ccc2c1. The van der Waals surface area contributed by atoms with Crippen LogP contribution in [0, 0.1) is 0 Å². The zero-order valence-corrected chi connectivity index (χ0v) is 28.7. The lowest BCUT2D eigenvalue weighted by atomic mass is 9.97. The minimum absolute atomic E-state index is 0.707. The maximum atomic E-state index is 5.34. The Balaban J connectivity index is 1.07. The molecule has 0 spiro atoms. The number of para-hydroxylation sites is 1. The van der Waals surface area contributed by atoms with E-state index < -0.39 is 0 Å². The van der Waals surface area contributed by atoms with Gasteiger partial charge in [-0.05, 0) is 110 Å². The Morgan fingerprint density at radius 2 is 0.868 bits per heavy atom. The molecule has 0 aliphatic carbocycles. The van der Waals surface area contributed by atoms with Crippen molar-refractivity contribution in [3.8, 4) is 39.5 Å². The molecule has 11 aromatic rings. The molecule has 0 aliphatic heterocycles. The summed E-state index contributed by atoms with van der Waals surface area (Å²) in [4.78, 5) is 10.5. The summed E-state index contributed by atoms with van der Waals surface area (Å²) in [6, 6.07) is 67.5. The predicted molar refractivity (Wildman–Crippen MR) is 223 cm³/mol. The number of rotatable bonds is 4. The molecule has 0 atom stereocenters. The number of benzene rings is 9. The van der Waals surface area contributed by atoms with Crippen LogP contribution in [0.2, 0.25) is 0 Å². The van der Waals surface area contributed by atoms with Gasteiger partial charge >= 0.3 is 0 Å². The van der Waals surface area contributed by atoms with E-state index in [2.05, 4.69) is 193 Å². The first-order valence-electron chi connectivity index (χ1n) is 18.1. The third-order valence-electron chi connectivity index (χ3n) is 10.7. The molecule has 0 N–H and O–H groups in total. The number of hydrogen-bond acceptors (Lipinski definition) is 2. The van der Waals surface area contributed by atoms with Gasteiger partial charge in [0.15, 0.2) is 5.82 Å². The van der Waals surface area contributed by atoms with Gasteiger partial charge in [-0.3, -0.25) is 0 Å². The van der Waals surface area contributed by atoms with Gasteiger partial charge in [-0.1, -0.05) is 121 Å². The van der Waals surface area contributed by atoms with Crippen LogP contribution < -0.4 is 0 Å². The highest BCUT2D eigenvalue weighted by Crippen LogP contribution is 2.37. The highest BCUT2D eigenvalue weighted by atomic mass is 15.0. The first-order chi connectivity index (χ1) is 26.2. The lowest BCUT2D eigenvalue weighted by molar-refractivity contribution is 1.17. The Hall–Kier alpha value is -7.10. The van der Waals surface area contributed by atoms with Crippen LogP contribution >= 0.6 is 0 Å². The minimum Gasteiger partial charge on any atom is -0.309 e. The molecule has 246 valence electrons. The summed E-state index contributed by atoms with van der Waals surface area (Å²) < 4.78 is 2.37. The average Bonchev–Trinajstić information content (AvgIpc) is 3.55. The first kappa shape index (κ1) is 29.6. The van der Waals surface area contributed by atoms with Crippen LogP contribution in [-0.4, -0.2) is 14.5 Å². The summed E-state index contributed by atoms with van der Waals surface area (Å²) >= 11 is 0. The molecule has 0 fully saturated rings. The van der Waals surface area contributed by atoms with Crippen molar-refractivity contribution in [2.75, 3.05) is 0 Å². The van der Waals surface area contributed by atoms with Gasteiger partial charge in [0, 0.05) is 33.0 Å². The fourth-order valence-corrected chi connectivity index (χ4v) is 8.06. The maximum Gasteiger partial charge on any atom is 0.160 e. The third kappa shape index (κ3) is 4.90. The highest BCUT2D eigenvalue weighted by Gasteiger charge is 2.16. The maximum absolute atomic E-state index is 5.34. The quantitative estimate of drug-likeness (QED) is 0.186. The first-order valence-corrected chi connectivity index (χ1v) is 18.1. The number of hydrogen-bond donors (Lipinski definition) is 0. The van der Waals surface area contributed by atoms with Crippen molar-refractivity contribution in [3.63, 3.8) is 0 Å². The van der Waals surface area contributed by atoms with Crippen LogP contribution in [0.15, 0.2) is 188 Å². The lowest BCUT2D eigenvalue weighted by Gasteiger charge is -2.13. The molecule has 0 amide bonds. The van der Waals surface area contributed by atoms with Crippen LogP contribution in [0.4, 0.5) is 0 Å². The monoisotopic (exact) mass is 673 g/mol. The Labute approximate surface area is 306 Å². The lowest BCUT2D eigenvalue weighted by Crippen LogP contribution is -1.97. The Morgan fingerprint density at radius 1 is 0.321 bits per heavy atom. The molecule has 3 heteroatoms. The van der Waals surface area contributed by atoms with Crippen LogP contribution in [0.25, 0.3) is 104 Å². The van der Waals surface area contributed by atoms with Crippen LogP contribution in [0.3, 0.4) is 0 Å². The van der Waals surface area contributed by atoms with Gasteiger partial charge in [0.05, 0.1) is 22.2 Å². The molecule has 11 rings (SSSR count). The largest absolute Gasteiger partial charge is 0.309 e. The number of aromatic nitrogens is 3. The zero-order chi connectivity index (χ0) is 34.9. The van der Waals surface area contributed by atoms with Gasteiger partial charge in [0.25, 0.3) is 0 Å². The summed E-state index contributed by atoms with van der Waals surface area (Å²) in [7, 11) is 0. The van der Waals surface area contributed by atoms with Crippen molar-refractivity contribution in [2.45, 2.75) is 0 Å². The molecule has 2 aromatic heterocycles. The molecule has 0 saturated carbocycles. The molecule has 0 unspecified atom stereocenters. The van der Waals surface area contributed by atoms with Gasteiger partial charge in [0.2, 0.25) is 0 Å². The predicted octanol–water partition coefficient (Wildman–Crippen LogP) is 13.2. The zero-order valence-electron chi connectivity index (χ0n) is 28.7. The van der Waals surface area contributed by atoms with Gasteiger partial charge in [0.1, 0.15) is 0 Å². The van der Waals surface area contributed by atoms with Crippen molar-refractivity contribution < 1.29 is 0 Å². The molecule has 3 nitrogen and oxygen atoms in total. The van der Waals surface area contributed by atoms with Crippen LogP contribution in [0.5, 0.6) is 0 Å². The molecular weight excluding hydrogens is 643 g/mol. The van der Waals surface area contributed by atoms with E-state index in [0.29, 0.717) is 5.82 Å². The standard InChI is InChI=1S/C50H31N3/c1-3-11-35-27-39(19-17-32(35)9-1)40-23-26-46-45(30-40)49(41-20-18-33-10-2-4-12-36(33)28-41)52-50(51-46)34-21-24-42(25-22-34)53-47-16-8-7-15-43(47)44-29-37-13-5-6-14-38(37)31-48(44)53/h1-31H. The Bertz CT molecular complexity index is 3230. The summed E-state index contributed by atoms with van der Waals surface area (Å²) in [5.74, 6) is 0.707. The summed E-state index contributed by atoms with van der Waals surface area (Å²) in [5, 5.41) is 10.9. The smallest absolute Gasteiger partial charge is 0.160 e. The molecule has 53 heavy (non-hydrogen) atoms. The number of nitrogens with zero attached hydrogens (tertiary/aromatic N) is 3. The van der Waals surface area contributed by atoms with Gasteiger partial charge < -0.3 is 4.57 Å². The second kappa shape index (κ2) is 11.7. The molecule has 0 radical (unpaired) electrons. The van der Waals surface area contributed by atoms with Crippen molar-refractivity contribution in [3.05, 3.63) is 188 Å². The second-order valence-electron chi connectivity index (χ2n) is 13.9. The summed E-state index contributed by atoms with van der Waals surface area (Å²) in [6.45, 7) is 0. The van der Waals surface area contributed by atoms with Crippen molar-refractivity contribution >= 4 is 65.0 Å². The normalized spacial score (nSPS) is 11.8. The van der Waals surface area contributed by atoms with E-state index in [1.165, 1.54) is 59.7 Å². The van der Waals surface area contributed by atoms with Gasteiger partial charge in [-0.2, -0.15) is 0 Å². The highest BCUT2D eigenvalue weighted by molar-refractivity contribution is 6.13.